The summed E-state index contributed by atoms with van der Waals surface area (Å²) in [5.41, 5.74) is 0.827. The van der Waals surface area contributed by atoms with Gasteiger partial charge in [0.25, 0.3) is 10.0 Å². The van der Waals surface area contributed by atoms with Gasteiger partial charge in [-0.25, -0.2) is 8.42 Å². The highest BCUT2D eigenvalue weighted by atomic mass is 32.2. The van der Waals surface area contributed by atoms with E-state index in [-0.39, 0.29) is 0 Å². The number of rotatable bonds is 6. The van der Waals surface area contributed by atoms with E-state index in [2.05, 4.69) is 4.72 Å². The van der Waals surface area contributed by atoms with Gasteiger partial charge in [-0.05, 0) is 36.4 Å². The molecule has 0 saturated heterocycles. The maximum Gasteiger partial charge on any atom is 0.272 e. The van der Waals surface area contributed by atoms with Crippen LogP contribution >= 0.6 is 0 Å². The Hall–Kier alpha value is -2.98. The standard InChI is InChI=1S/C17H16N2O4S/c1-22-15-9-7-14(8-10-15)19-24(20,21)16(12-18)11-13-5-3-4-6-17(13)23-2/h3-11,19H,1-2H3. The van der Waals surface area contributed by atoms with Crippen LogP contribution in [-0.2, 0) is 10.0 Å². The van der Waals surface area contributed by atoms with Crippen molar-refractivity contribution < 1.29 is 17.9 Å². The molecule has 0 aliphatic heterocycles. The fourth-order valence-corrected chi connectivity index (χ4v) is 2.92. The lowest BCUT2D eigenvalue weighted by Crippen LogP contribution is -2.14. The molecule has 0 unspecified atom stereocenters. The van der Waals surface area contributed by atoms with Crippen LogP contribution in [-0.4, -0.2) is 22.6 Å². The fraction of sp³-hybridized carbons (Fsp3) is 0.118. The second-order valence-electron chi connectivity index (χ2n) is 4.70. The molecule has 2 aromatic rings. The topological polar surface area (TPSA) is 88.4 Å². The highest BCUT2D eigenvalue weighted by Gasteiger charge is 2.18. The number of methoxy groups -OCH3 is 2. The zero-order valence-electron chi connectivity index (χ0n) is 13.2. The molecule has 1 N–H and O–H groups in total. The summed E-state index contributed by atoms with van der Waals surface area (Å²) in [6.07, 6.45) is 1.27. The Balaban J connectivity index is 2.34. The molecule has 0 fully saturated rings. The van der Waals surface area contributed by atoms with E-state index < -0.39 is 14.9 Å². The number of benzene rings is 2. The number of nitrogens with one attached hydrogen (secondary N) is 1. The smallest absolute Gasteiger partial charge is 0.272 e. The van der Waals surface area contributed by atoms with Crippen LogP contribution in [0.15, 0.2) is 53.4 Å². The molecule has 24 heavy (non-hydrogen) atoms. The summed E-state index contributed by atoms with van der Waals surface area (Å²) in [5, 5.41) is 9.25. The normalized spacial score (nSPS) is 11.5. The van der Waals surface area contributed by atoms with Crippen molar-refractivity contribution in [2.24, 2.45) is 0 Å². The molecule has 0 radical (unpaired) electrons. The molecule has 0 aliphatic carbocycles. The van der Waals surface area contributed by atoms with Crippen molar-refractivity contribution in [2.75, 3.05) is 18.9 Å². The van der Waals surface area contributed by atoms with Gasteiger partial charge in [-0.2, -0.15) is 5.26 Å². The first-order valence-corrected chi connectivity index (χ1v) is 8.40. The minimum absolute atomic E-state index is 0.331. The summed E-state index contributed by atoms with van der Waals surface area (Å²) in [7, 11) is -1.02. The predicted octanol–water partition coefficient (Wildman–Crippen LogP) is 3.01. The molecule has 0 heterocycles. The Morgan fingerprint density at radius 1 is 1.08 bits per heavy atom. The van der Waals surface area contributed by atoms with Crippen LogP contribution < -0.4 is 14.2 Å². The van der Waals surface area contributed by atoms with Gasteiger partial charge >= 0.3 is 0 Å². The number of ether oxygens (including phenoxy) is 2. The van der Waals surface area contributed by atoms with Crippen LogP contribution in [0.3, 0.4) is 0 Å². The lowest BCUT2D eigenvalue weighted by atomic mass is 10.2. The monoisotopic (exact) mass is 344 g/mol. The molecular weight excluding hydrogens is 328 g/mol. The highest BCUT2D eigenvalue weighted by molar-refractivity contribution is 7.96. The van der Waals surface area contributed by atoms with Crippen molar-refractivity contribution in [3.63, 3.8) is 0 Å². The van der Waals surface area contributed by atoms with Crippen molar-refractivity contribution in [2.45, 2.75) is 0 Å². The van der Waals surface area contributed by atoms with E-state index in [9.17, 15) is 13.7 Å². The summed E-state index contributed by atoms with van der Waals surface area (Å²) in [6.45, 7) is 0. The molecule has 0 aliphatic rings. The zero-order chi connectivity index (χ0) is 17.6. The fourth-order valence-electron chi connectivity index (χ4n) is 1.97. The average molecular weight is 344 g/mol. The van der Waals surface area contributed by atoms with Crippen LogP contribution in [0.25, 0.3) is 6.08 Å². The third-order valence-electron chi connectivity index (χ3n) is 3.17. The van der Waals surface area contributed by atoms with Gasteiger partial charge in [0, 0.05) is 11.3 Å². The van der Waals surface area contributed by atoms with E-state index in [0.717, 1.165) is 0 Å². The van der Waals surface area contributed by atoms with Crippen LogP contribution in [0.1, 0.15) is 5.56 Å². The lowest BCUT2D eigenvalue weighted by molar-refractivity contribution is 0.414. The lowest BCUT2D eigenvalue weighted by Gasteiger charge is -2.09. The van der Waals surface area contributed by atoms with Crippen molar-refractivity contribution >= 4 is 21.8 Å². The molecule has 0 saturated carbocycles. The third-order valence-corrected chi connectivity index (χ3v) is 4.46. The number of hydrogen-bond acceptors (Lipinski definition) is 5. The van der Waals surface area contributed by atoms with Gasteiger partial charge in [0.2, 0.25) is 0 Å². The van der Waals surface area contributed by atoms with E-state index >= 15 is 0 Å². The minimum Gasteiger partial charge on any atom is -0.497 e. The molecule has 0 atom stereocenters. The Morgan fingerprint density at radius 2 is 1.75 bits per heavy atom. The highest BCUT2D eigenvalue weighted by Crippen LogP contribution is 2.23. The van der Waals surface area contributed by atoms with Gasteiger partial charge < -0.3 is 9.47 Å². The first kappa shape index (κ1) is 17.4. The van der Waals surface area contributed by atoms with Gasteiger partial charge in [-0.15, -0.1) is 0 Å². The van der Waals surface area contributed by atoms with Crippen molar-refractivity contribution in [1.82, 2.24) is 0 Å². The van der Waals surface area contributed by atoms with Crippen LogP contribution in [0, 0.1) is 11.3 Å². The summed E-state index contributed by atoms with van der Waals surface area (Å²) in [4.78, 5) is -0.414. The molecule has 2 rings (SSSR count). The zero-order valence-corrected chi connectivity index (χ0v) is 14.0. The van der Waals surface area contributed by atoms with Gasteiger partial charge in [-0.1, -0.05) is 18.2 Å². The van der Waals surface area contributed by atoms with Gasteiger partial charge in [0.05, 0.1) is 14.2 Å². The van der Waals surface area contributed by atoms with E-state index in [1.165, 1.54) is 20.3 Å². The third kappa shape index (κ3) is 4.06. The first-order valence-electron chi connectivity index (χ1n) is 6.92. The molecule has 6 nitrogen and oxygen atoms in total. The number of hydrogen-bond donors (Lipinski definition) is 1. The molecule has 0 bridgehead atoms. The molecule has 7 heteroatoms. The van der Waals surface area contributed by atoms with Crippen LogP contribution in [0.2, 0.25) is 0 Å². The van der Waals surface area contributed by atoms with Gasteiger partial charge in [0.1, 0.15) is 17.6 Å². The Bertz CT molecular complexity index is 882. The Morgan fingerprint density at radius 3 is 2.33 bits per heavy atom. The van der Waals surface area contributed by atoms with Crippen LogP contribution in [0.5, 0.6) is 11.5 Å². The van der Waals surface area contributed by atoms with Gasteiger partial charge in [-0.3, -0.25) is 4.72 Å². The maximum atomic E-state index is 12.4. The molecule has 0 spiro atoms. The maximum absolute atomic E-state index is 12.4. The molecular formula is C17H16N2O4S. The van der Waals surface area contributed by atoms with E-state index in [4.69, 9.17) is 9.47 Å². The van der Waals surface area contributed by atoms with Crippen molar-refractivity contribution in [3.8, 4) is 17.6 Å². The molecule has 0 aromatic heterocycles. The molecule has 124 valence electrons. The summed E-state index contributed by atoms with van der Waals surface area (Å²) >= 11 is 0. The predicted molar refractivity (Wildman–Crippen MR) is 92.1 cm³/mol. The van der Waals surface area contributed by atoms with Crippen molar-refractivity contribution in [3.05, 3.63) is 59.0 Å². The van der Waals surface area contributed by atoms with E-state index in [1.54, 1.807) is 54.6 Å². The van der Waals surface area contributed by atoms with Crippen molar-refractivity contribution in [1.29, 1.82) is 5.26 Å². The number of allylic oxidation sites excluding steroid dienone is 1. The number of anilines is 1. The first-order chi connectivity index (χ1) is 11.5. The van der Waals surface area contributed by atoms with E-state index in [1.807, 2.05) is 0 Å². The SMILES string of the molecule is COc1ccc(NS(=O)(=O)C(C#N)=Cc2ccccc2OC)cc1. The number of nitrogens with zero attached hydrogens (tertiary/aromatic N) is 1. The van der Waals surface area contributed by atoms with Gasteiger partial charge in [0.15, 0.2) is 4.91 Å². The number of sulfonamides is 1. The summed E-state index contributed by atoms with van der Waals surface area (Å²) in [5.74, 6) is 1.08. The number of para-hydroxylation sites is 1. The molecule has 2 aromatic carbocycles. The minimum atomic E-state index is -4.01. The second-order valence-corrected chi connectivity index (χ2v) is 6.35. The largest absolute Gasteiger partial charge is 0.497 e. The quantitative estimate of drug-likeness (QED) is 0.814. The number of nitriles is 1. The van der Waals surface area contributed by atoms with Crippen LogP contribution in [0.4, 0.5) is 5.69 Å². The summed E-state index contributed by atoms with van der Waals surface area (Å²) < 4.78 is 37.4. The average Bonchev–Trinajstić information content (AvgIpc) is 2.60. The molecule has 0 amide bonds. The van der Waals surface area contributed by atoms with E-state index in [0.29, 0.717) is 22.7 Å². The Labute approximate surface area is 141 Å². The summed E-state index contributed by atoms with van der Waals surface area (Å²) in [6, 6.07) is 14.9. The second kappa shape index (κ2) is 7.53. The Kier molecular flexibility index (Phi) is 5.45.